The van der Waals surface area contributed by atoms with Gasteiger partial charge in [-0.05, 0) is 44.2 Å². The topological polar surface area (TPSA) is 104 Å². The number of ether oxygens (including phenoxy) is 2. The molecule has 1 aromatic heterocycles. The first-order valence-corrected chi connectivity index (χ1v) is 11.1. The first-order valence-electron chi connectivity index (χ1n) is 10.2. The van der Waals surface area contributed by atoms with Crippen LogP contribution in [-0.2, 0) is 4.74 Å². The Morgan fingerprint density at radius 1 is 1.00 bits per heavy atom. The SMILES string of the molecule is CC(C)Oc1ccc(Sc2cn([C@@H]3O[C@H](CO)[C@@H](O)[C@H](O)[C@H]3O)c3ccccc23)cc1. The van der Waals surface area contributed by atoms with Crippen molar-refractivity contribution in [3.63, 3.8) is 0 Å². The van der Waals surface area contributed by atoms with E-state index in [1.54, 1.807) is 16.3 Å². The third kappa shape index (κ3) is 4.45. The van der Waals surface area contributed by atoms with Crippen LogP contribution in [0.4, 0.5) is 0 Å². The number of aliphatic hydroxyl groups is 4. The predicted octanol–water partition coefficient (Wildman–Crippen LogP) is 2.55. The molecule has 0 radical (unpaired) electrons. The molecule has 4 rings (SSSR count). The van der Waals surface area contributed by atoms with E-state index in [1.165, 1.54) is 0 Å². The van der Waals surface area contributed by atoms with Gasteiger partial charge in [-0.25, -0.2) is 0 Å². The van der Waals surface area contributed by atoms with Gasteiger partial charge in [-0.1, -0.05) is 30.0 Å². The van der Waals surface area contributed by atoms with Gasteiger partial charge in [0.05, 0.1) is 18.2 Å². The molecule has 8 heteroatoms. The van der Waals surface area contributed by atoms with Gasteiger partial charge in [-0.15, -0.1) is 0 Å². The number of benzene rings is 2. The van der Waals surface area contributed by atoms with E-state index in [-0.39, 0.29) is 6.10 Å². The highest BCUT2D eigenvalue weighted by molar-refractivity contribution is 7.99. The second-order valence-corrected chi connectivity index (χ2v) is 8.99. The Balaban J connectivity index is 1.66. The summed E-state index contributed by atoms with van der Waals surface area (Å²) in [6.07, 6.45) is -4.11. The quantitative estimate of drug-likeness (QED) is 0.462. The molecule has 0 bridgehead atoms. The molecule has 3 aromatic rings. The average molecular weight is 446 g/mol. The molecule has 0 aliphatic carbocycles. The molecule has 1 saturated heterocycles. The van der Waals surface area contributed by atoms with Crippen molar-refractivity contribution in [3.8, 4) is 5.75 Å². The molecule has 4 N–H and O–H groups in total. The van der Waals surface area contributed by atoms with Crippen LogP contribution in [0.5, 0.6) is 5.75 Å². The van der Waals surface area contributed by atoms with Gasteiger partial charge >= 0.3 is 0 Å². The van der Waals surface area contributed by atoms with Gasteiger partial charge in [0.1, 0.15) is 30.2 Å². The first-order chi connectivity index (χ1) is 14.9. The number of aliphatic hydroxyl groups excluding tert-OH is 4. The normalized spacial score (nSPS) is 26.5. The van der Waals surface area contributed by atoms with Crippen molar-refractivity contribution in [2.45, 2.75) is 60.4 Å². The van der Waals surface area contributed by atoms with E-state index in [0.717, 1.165) is 26.4 Å². The lowest BCUT2D eigenvalue weighted by Gasteiger charge is -2.40. The van der Waals surface area contributed by atoms with Crippen molar-refractivity contribution in [1.82, 2.24) is 4.57 Å². The summed E-state index contributed by atoms with van der Waals surface area (Å²) in [7, 11) is 0. The highest BCUT2D eigenvalue weighted by Crippen LogP contribution is 2.39. The van der Waals surface area contributed by atoms with Crippen LogP contribution in [0.2, 0.25) is 0 Å². The van der Waals surface area contributed by atoms with Crippen LogP contribution >= 0.6 is 11.8 Å². The summed E-state index contributed by atoms with van der Waals surface area (Å²) in [6.45, 7) is 3.50. The molecular formula is C23H27NO6S. The van der Waals surface area contributed by atoms with Gasteiger partial charge in [0, 0.05) is 21.4 Å². The molecule has 1 aliphatic rings. The zero-order valence-corrected chi connectivity index (χ0v) is 18.1. The van der Waals surface area contributed by atoms with E-state index < -0.39 is 37.3 Å². The fraction of sp³-hybridized carbons (Fsp3) is 0.391. The number of hydrogen-bond donors (Lipinski definition) is 4. The molecule has 1 fully saturated rings. The second-order valence-electron chi connectivity index (χ2n) is 7.88. The standard InChI is InChI=1S/C23H27NO6S/c1-13(2)29-14-7-9-15(10-8-14)31-19-11-24(17-6-4-3-5-16(17)19)23-22(28)21(27)20(26)18(12-25)30-23/h3-11,13,18,20-23,25-28H,12H2,1-2H3/t18-,20-,21+,22-,23-/m1/s1. The van der Waals surface area contributed by atoms with E-state index in [1.807, 2.05) is 68.6 Å². The lowest BCUT2D eigenvalue weighted by atomic mass is 9.98. The maximum absolute atomic E-state index is 10.6. The summed E-state index contributed by atoms with van der Waals surface area (Å²) in [4.78, 5) is 1.97. The van der Waals surface area contributed by atoms with Gasteiger partial charge in [0.15, 0.2) is 6.23 Å². The largest absolute Gasteiger partial charge is 0.491 e. The van der Waals surface area contributed by atoms with Crippen LogP contribution in [0.25, 0.3) is 10.9 Å². The molecule has 0 spiro atoms. The Morgan fingerprint density at radius 3 is 2.39 bits per heavy atom. The van der Waals surface area contributed by atoms with Crippen LogP contribution in [0, 0.1) is 0 Å². The van der Waals surface area contributed by atoms with Crippen molar-refractivity contribution < 1.29 is 29.9 Å². The highest BCUT2D eigenvalue weighted by Gasteiger charge is 2.44. The summed E-state index contributed by atoms with van der Waals surface area (Å²) in [5, 5.41) is 41.4. The fourth-order valence-corrected chi connectivity index (χ4v) is 4.74. The molecule has 0 unspecified atom stereocenters. The third-order valence-corrected chi connectivity index (χ3v) is 6.32. The monoisotopic (exact) mass is 445 g/mol. The molecule has 1 aliphatic heterocycles. The molecule has 5 atom stereocenters. The number of hydrogen-bond acceptors (Lipinski definition) is 7. The summed E-state index contributed by atoms with van der Waals surface area (Å²) in [5.74, 6) is 0.808. The smallest absolute Gasteiger partial charge is 0.163 e. The molecule has 2 heterocycles. The fourth-order valence-electron chi connectivity index (χ4n) is 3.76. The van der Waals surface area contributed by atoms with E-state index in [4.69, 9.17) is 9.47 Å². The van der Waals surface area contributed by atoms with Crippen molar-refractivity contribution in [2.75, 3.05) is 6.61 Å². The predicted molar refractivity (Wildman–Crippen MR) is 117 cm³/mol. The maximum atomic E-state index is 10.6. The Hall–Kier alpha value is -2.07. The minimum Gasteiger partial charge on any atom is -0.491 e. The van der Waals surface area contributed by atoms with Gasteiger partial charge in [0.2, 0.25) is 0 Å². The van der Waals surface area contributed by atoms with Gasteiger partial charge in [-0.3, -0.25) is 0 Å². The number of aromatic nitrogens is 1. The van der Waals surface area contributed by atoms with Crippen LogP contribution in [0.15, 0.2) is 64.5 Å². The maximum Gasteiger partial charge on any atom is 0.163 e. The molecule has 0 amide bonds. The Kier molecular flexibility index (Phi) is 6.57. The minimum absolute atomic E-state index is 0.106. The number of nitrogens with zero attached hydrogens (tertiary/aromatic N) is 1. The van der Waals surface area contributed by atoms with Crippen molar-refractivity contribution in [1.29, 1.82) is 0 Å². The van der Waals surface area contributed by atoms with Crippen LogP contribution in [0.1, 0.15) is 20.1 Å². The van der Waals surface area contributed by atoms with Gasteiger partial charge in [-0.2, -0.15) is 0 Å². The van der Waals surface area contributed by atoms with E-state index >= 15 is 0 Å². The zero-order valence-electron chi connectivity index (χ0n) is 17.3. The van der Waals surface area contributed by atoms with Crippen LogP contribution < -0.4 is 4.74 Å². The lowest BCUT2D eigenvalue weighted by molar-refractivity contribution is -0.250. The number of rotatable bonds is 6. The minimum atomic E-state index is -1.43. The van der Waals surface area contributed by atoms with Crippen molar-refractivity contribution in [3.05, 3.63) is 54.7 Å². The van der Waals surface area contributed by atoms with E-state index in [2.05, 4.69) is 0 Å². The zero-order chi connectivity index (χ0) is 22.1. The third-order valence-electron chi connectivity index (χ3n) is 5.27. The summed E-state index contributed by atoms with van der Waals surface area (Å²) >= 11 is 1.56. The van der Waals surface area contributed by atoms with E-state index in [0.29, 0.717) is 0 Å². The molecule has 0 saturated carbocycles. The summed E-state index contributed by atoms with van der Waals surface area (Å²) in [5.41, 5.74) is 0.814. The van der Waals surface area contributed by atoms with E-state index in [9.17, 15) is 20.4 Å². The summed E-state index contributed by atoms with van der Waals surface area (Å²) in [6, 6.07) is 15.5. The molecule has 7 nitrogen and oxygen atoms in total. The second kappa shape index (κ2) is 9.20. The molecule has 31 heavy (non-hydrogen) atoms. The van der Waals surface area contributed by atoms with Crippen LogP contribution in [-0.4, -0.2) is 62.1 Å². The van der Waals surface area contributed by atoms with Crippen molar-refractivity contribution in [2.24, 2.45) is 0 Å². The van der Waals surface area contributed by atoms with Crippen molar-refractivity contribution >= 4 is 22.7 Å². The number of para-hydroxylation sites is 1. The molecular weight excluding hydrogens is 418 g/mol. The number of fused-ring (bicyclic) bond motifs is 1. The van der Waals surface area contributed by atoms with Gasteiger partial charge in [0.25, 0.3) is 0 Å². The highest BCUT2D eigenvalue weighted by atomic mass is 32.2. The molecule has 166 valence electrons. The first kappa shape index (κ1) is 22.1. The Bertz CT molecular complexity index is 1020. The Labute approximate surface area is 184 Å². The average Bonchev–Trinajstić information content (AvgIpc) is 3.12. The Morgan fingerprint density at radius 2 is 1.71 bits per heavy atom. The lowest BCUT2D eigenvalue weighted by Crippen LogP contribution is -2.56. The summed E-state index contributed by atoms with van der Waals surface area (Å²) < 4.78 is 13.2. The van der Waals surface area contributed by atoms with Crippen LogP contribution in [0.3, 0.4) is 0 Å². The molecule has 2 aromatic carbocycles. The van der Waals surface area contributed by atoms with Gasteiger partial charge < -0.3 is 34.5 Å².